The highest BCUT2D eigenvalue weighted by atomic mass is 16.2. The molecule has 2 rings (SSSR count). The molecular weight excluding hydrogens is 138 g/mol. The van der Waals surface area contributed by atoms with Crippen LogP contribution in [0.1, 0.15) is 6.42 Å². The maximum absolute atomic E-state index is 11.2. The second-order valence-electron chi connectivity index (χ2n) is 3.28. The Bertz CT molecular complexity index is 254. The molecule has 2 atom stereocenters. The molecule has 2 fully saturated rings. The van der Waals surface area contributed by atoms with Gasteiger partial charge in [0, 0.05) is 12.5 Å². The molecule has 11 heavy (non-hydrogen) atoms. The van der Waals surface area contributed by atoms with Gasteiger partial charge in [-0.25, -0.2) is 0 Å². The van der Waals surface area contributed by atoms with Crippen molar-refractivity contribution in [1.29, 1.82) is 0 Å². The summed E-state index contributed by atoms with van der Waals surface area (Å²) in [6.07, 6.45) is 0.934. The number of carbonyl (C=O) groups is 1. The molecule has 1 heterocycles. The Hall–Kier alpha value is -1.05. The molecule has 2 aliphatic rings. The van der Waals surface area contributed by atoms with Crippen molar-refractivity contribution in [3.8, 4) is 0 Å². The van der Waals surface area contributed by atoms with Gasteiger partial charge in [0.25, 0.3) is 0 Å². The van der Waals surface area contributed by atoms with Gasteiger partial charge in [-0.2, -0.15) is 0 Å². The largest absolute Gasteiger partial charge is 0.355 e. The highest BCUT2D eigenvalue weighted by Crippen LogP contribution is 2.40. The number of amides is 1. The van der Waals surface area contributed by atoms with E-state index in [9.17, 15) is 4.79 Å². The Balaban J connectivity index is 2.36. The number of piperidine rings is 1. The standard InChI is InChI=1S/C9H11NO/c1-5-6(2)8-3-7(5)4-10-9(8)11/h7-8H,1-4H2,(H,10,11). The van der Waals surface area contributed by atoms with E-state index >= 15 is 0 Å². The van der Waals surface area contributed by atoms with Crippen LogP contribution in [0.4, 0.5) is 0 Å². The molecular formula is C9H11NO. The minimum absolute atomic E-state index is 0.0289. The van der Waals surface area contributed by atoms with E-state index in [4.69, 9.17) is 0 Å². The van der Waals surface area contributed by atoms with Gasteiger partial charge in [0.2, 0.25) is 5.91 Å². The smallest absolute Gasteiger partial charge is 0.227 e. The molecule has 0 radical (unpaired) electrons. The number of nitrogens with one attached hydrogen (secondary N) is 1. The molecule has 2 unspecified atom stereocenters. The van der Waals surface area contributed by atoms with E-state index in [1.165, 1.54) is 0 Å². The summed E-state index contributed by atoms with van der Waals surface area (Å²) >= 11 is 0. The molecule has 58 valence electrons. The van der Waals surface area contributed by atoms with Gasteiger partial charge < -0.3 is 5.32 Å². The lowest BCUT2D eigenvalue weighted by Crippen LogP contribution is -2.36. The maximum Gasteiger partial charge on any atom is 0.227 e. The van der Waals surface area contributed by atoms with E-state index in [1.54, 1.807) is 0 Å². The SMILES string of the molecule is C=C1C(=C)C2CC1CNC2=O. The summed E-state index contributed by atoms with van der Waals surface area (Å²) < 4.78 is 0. The van der Waals surface area contributed by atoms with Crippen LogP contribution < -0.4 is 5.32 Å². The fourth-order valence-corrected chi connectivity index (χ4v) is 1.87. The van der Waals surface area contributed by atoms with Crippen LogP contribution in [0.5, 0.6) is 0 Å². The second-order valence-corrected chi connectivity index (χ2v) is 3.28. The van der Waals surface area contributed by atoms with E-state index in [-0.39, 0.29) is 11.8 Å². The predicted molar refractivity (Wildman–Crippen MR) is 42.9 cm³/mol. The van der Waals surface area contributed by atoms with Gasteiger partial charge >= 0.3 is 0 Å². The number of rotatable bonds is 0. The van der Waals surface area contributed by atoms with Crippen LogP contribution in [-0.2, 0) is 4.79 Å². The highest BCUT2D eigenvalue weighted by Gasteiger charge is 2.39. The molecule has 1 aliphatic heterocycles. The minimum Gasteiger partial charge on any atom is -0.355 e. The van der Waals surface area contributed by atoms with E-state index in [0.717, 1.165) is 24.1 Å². The van der Waals surface area contributed by atoms with E-state index in [1.807, 2.05) is 0 Å². The van der Waals surface area contributed by atoms with Crippen molar-refractivity contribution in [3.63, 3.8) is 0 Å². The van der Waals surface area contributed by atoms with Gasteiger partial charge in [0.05, 0.1) is 5.92 Å². The second kappa shape index (κ2) is 1.97. The summed E-state index contributed by atoms with van der Waals surface area (Å²) in [5.41, 5.74) is 2.03. The van der Waals surface area contributed by atoms with Crippen LogP contribution in [0.15, 0.2) is 24.3 Å². The van der Waals surface area contributed by atoms with Gasteiger partial charge in [0.1, 0.15) is 0 Å². The molecule has 1 saturated heterocycles. The summed E-state index contributed by atoms with van der Waals surface area (Å²) in [5, 5.41) is 2.84. The lowest BCUT2D eigenvalue weighted by molar-refractivity contribution is -0.125. The van der Waals surface area contributed by atoms with Gasteiger partial charge in [-0.15, -0.1) is 0 Å². The van der Waals surface area contributed by atoms with Crippen molar-refractivity contribution in [3.05, 3.63) is 24.3 Å². The first-order chi connectivity index (χ1) is 5.20. The Morgan fingerprint density at radius 2 is 2.09 bits per heavy atom. The molecule has 2 heteroatoms. The van der Waals surface area contributed by atoms with E-state index in [2.05, 4.69) is 18.5 Å². The zero-order valence-electron chi connectivity index (χ0n) is 6.39. The fraction of sp³-hybridized carbons (Fsp3) is 0.444. The van der Waals surface area contributed by atoms with Crippen LogP contribution in [0, 0.1) is 11.8 Å². The Kier molecular flexibility index (Phi) is 1.19. The molecule has 2 nitrogen and oxygen atoms in total. The Morgan fingerprint density at radius 1 is 1.36 bits per heavy atom. The average Bonchev–Trinajstić information content (AvgIpc) is 2.24. The number of hydrogen-bond donors (Lipinski definition) is 1. The van der Waals surface area contributed by atoms with Gasteiger partial charge in [-0.1, -0.05) is 13.2 Å². The summed E-state index contributed by atoms with van der Waals surface area (Å²) in [4.78, 5) is 11.2. The molecule has 2 bridgehead atoms. The van der Waals surface area contributed by atoms with E-state index in [0.29, 0.717) is 5.92 Å². The normalized spacial score (nSPS) is 35.8. The van der Waals surface area contributed by atoms with Crippen molar-refractivity contribution >= 4 is 5.91 Å². The van der Waals surface area contributed by atoms with Crippen LogP contribution in [0.2, 0.25) is 0 Å². The molecule has 1 aliphatic carbocycles. The molecule has 0 spiro atoms. The zero-order chi connectivity index (χ0) is 8.01. The topological polar surface area (TPSA) is 29.1 Å². The van der Waals surface area contributed by atoms with Crippen molar-refractivity contribution in [1.82, 2.24) is 5.32 Å². The predicted octanol–water partition coefficient (Wildman–Crippen LogP) is 0.865. The fourth-order valence-electron chi connectivity index (χ4n) is 1.87. The van der Waals surface area contributed by atoms with E-state index < -0.39 is 0 Å². The quantitative estimate of drug-likeness (QED) is 0.544. The first kappa shape index (κ1) is 6.65. The minimum atomic E-state index is 0.0289. The van der Waals surface area contributed by atoms with Crippen LogP contribution >= 0.6 is 0 Å². The summed E-state index contributed by atoms with van der Waals surface area (Å²) in [6.45, 7) is 8.55. The van der Waals surface area contributed by atoms with Crippen LogP contribution in [0.25, 0.3) is 0 Å². The van der Waals surface area contributed by atoms with Crippen LogP contribution in [0.3, 0.4) is 0 Å². The third kappa shape index (κ3) is 0.754. The number of hydrogen-bond acceptors (Lipinski definition) is 1. The highest BCUT2D eigenvalue weighted by molar-refractivity contribution is 5.85. The van der Waals surface area contributed by atoms with Crippen molar-refractivity contribution in [2.45, 2.75) is 6.42 Å². The Labute approximate surface area is 66.0 Å². The number of fused-ring (bicyclic) bond motifs is 2. The molecule has 0 aromatic heterocycles. The zero-order valence-corrected chi connectivity index (χ0v) is 6.39. The lowest BCUT2D eigenvalue weighted by Gasteiger charge is -2.18. The van der Waals surface area contributed by atoms with Crippen molar-refractivity contribution < 1.29 is 4.79 Å². The van der Waals surface area contributed by atoms with Crippen LogP contribution in [-0.4, -0.2) is 12.5 Å². The first-order valence-corrected chi connectivity index (χ1v) is 3.86. The van der Waals surface area contributed by atoms with Gasteiger partial charge in [0.15, 0.2) is 0 Å². The van der Waals surface area contributed by atoms with Crippen molar-refractivity contribution in [2.75, 3.05) is 6.54 Å². The van der Waals surface area contributed by atoms with Crippen molar-refractivity contribution in [2.24, 2.45) is 11.8 Å². The third-order valence-electron chi connectivity index (χ3n) is 2.69. The van der Waals surface area contributed by atoms with Gasteiger partial charge in [-0.3, -0.25) is 4.79 Å². The summed E-state index contributed by atoms with van der Waals surface area (Å²) in [6, 6.07) is 0. The summed E-state index contributed by atoms with van der Waals surface area (Å²) in [7, 11) is 0. The molecule has 0 aromatic carbocycles. The first-order valence-electron chi connectivity index (χ1n) is 3.86. The van der Waals surface area contributed by atoms with Gasteiger partial charge in [-0.05, 0) is 17.6 Å². The molecule has 1 saturated carbocycles. The monoisotopic (exact) mass is 149 g/mol. The Morgan fingerprint density at radius 3 is 2.73 bits per heavy atom. The third-order valence-corrected chi connectivity index (χ3v) is 2.69. The maximum atomic E-state index is 11.2. The molecule has 0 aromatic rings. The molecule has 1 amide bonds. The lowest BCUT2D eigenvalue weighted by atomic mass is 9.99. The number of carbonyl (C=O) groups excluding carboxylic acids is 1. The summed E-state index contributed by atoms with van der Waals surface area (Å²) in [5.74, 6) is 0.622. The molecule has 1 N–H and O–H groups in total. The average molecular weight is 149 g/mol.